The van der Waals surface area contributed by atoms with Crippen LogP contribution < -0.4 is 5.56 Å². The molecule has 1 aliphatic rings. The van der Waals surface area contributed by atoms with Crippen LogP contribution in [0.5, 0.6) is 0 Å². The minimum Gasteiger partial charge on any atom is -0.269 e. The summed E-state index contributed by atoms with van der Waals surface area (Å²) in [6, 6.07) is 5.39. The molecule has 0 unspecified atom stereocenters. The number of thioether (sulfide) groups is 1. The van der Waals surface area contributed by atoms with E-state index in [0.717, 1.165) is 18.0 Å². The van der Waals surface area contributed by atoms with Crippen LogP contribution in [0.15, 0.2) is 34.3 Å². The highest BCUT2D eigenvalue weighted by Crippen LogP contribution is 2.36. The van der Waals surface area contributed by atoms with Crippen molar-refractivity contribution in [2.75, 3.05) is 0 Å². The van der Waals surface area contributed by atoms with Gasteiger partial charge >= 0.3 is 0 Å². The molecule has 0 aromatic carbocycles. The highest BCUT2D eigenvalue weighted by Gasteiger charge is 2.27. The quantitative estimate of drug-likeness (QED) is 0.679. The van der Waals surface area contributed by atoms with Crippen LogP contribution >= 0.6 is 23.4 Å². The fourth-order valence-corrected chi connectivity index (χ4v) is 3.16. The van der Waals surface area contributed by atoms with E-state index in [1.807, 2.05) is 4.68 Å². The summed E-state index contributed by atoms with van der Waals surface area (Å²) in [7, 11) is 0. The number of nitrogens with zero attached hydrogens (tertiary/aromatic N) is 6. The third-order valence-electron chi connectivity index (χ3n) is 3.38. The summed E-state index contributed by atoms with van der Waals surface area (Å²) in [5, 5.41) is 13.0. The molecule has 9 heteroatoms. The number of fused-ring (bicyclic) bond motifs is 1. The van der Waals surface area contributed by atoms with Crippen molar-refractivity contribution in [1.82, 2.24) is 29.6 Å². The zero-order valence-corrected chi connectivity index (χ0v) is 13.0. The van der Waals surface area contributed by atoms with Gasteiger partial charge in [-0.2, -0.15) is 0 Å². The fraction of sp³-hybridized carbons (Fsp3) is 0.308. The van der Waals surface area contributed by atoms with E-state index in [9.17, 15) is 4.79 Å². The molecule has 0 aliphatic heterocycles. The van der Waals surface area contributed by atoms with Gasteiger partial charge in [-0.15, -0.1) is 5.10 Å². The molecule has 1 saturated carbocycles. The maximum Gasteiger partial charge on any atom is 0.258 e. The van der Waals surface area contributed by atoms with Gasteiger partial charge in [-0.25, -0.2) is 9.67 Å². The summed E-state index contributed by atoms with van der Waals surface area (Å²) in [6.45, 7) is 0. The van der Waals surface area contributed by atoms with E-state index >= 15 is 0 Å². The summed E-state index contributed by atoms with van der Waals surface area (Å²) in [5.41, 5.74) is 1.13. The van der Waals surface area contributed by atoms with Crippen molar-refractivity contribution >= 4 is 29.0 Å². The largest absolute Gasteiger partial charge is 0.269 e. The van der Waals surface area contributed by atoms with Gasteiger partial charge in [0.05, 0.1) is 16.8 Å². The van der Waals surface area contributed by atoms with E-state index in [1.165, 1.54) is 22.2 Å². The lowest BCUT2D eigenvalue weighted by molar-refractivity contribution is 0.565. The van der Waals surface area contributed by atoms with E-state index in [1.54, 1.807) is 18.3 Å². The minimum absolute atomic E-state index is 0.148. The van der Waals surface area contributed by atoms with Crippen LogP contribution in [0, 0.1) is 0 Å². The lowest BCUT2D eigenvalue weighted by Crippen LogP contribution is -2.15. The van der Waals surface area contributed by atoms with Gasteiger partial charge in [0.1, 0.15) is 5.65 Å². The molecule has 0 saturated heterocycles. The first-order valence-corrected chi connectivity index (χ1v) is 8.15. The van der Waals surface area contributed by atoms with Crippen LogP contribution in [-0.2, 0) is 5.75 Å². The number of pyridine rings is 1. The Kier molecular flexibility index (Phi) is 3.34. The molecule has 3 heterocycles. The second-order valence-corrected chi connectivity index (χ2v) is 6.47. The standard InChI is InChI=1S/C13H11ClN6OS/c14-8-1-4-11-15-9(5-12(21)19(11)6-8)7-22-13-16-17-18-20(13)10-2-3-10/h1,4-6,10H,2-3,7H2. The number of hydrogen-bond donors (Lipinski definition) is 0. The van der Waals surface area contributed by atoms with E-state index in [-0.39, 0.29) is 5.56 Å². The van der Waals surface area contributed by atoms with Crippen molar-refractivity contribution in [2.24, 2.45) is 0 Å². The van der Waals surface area contributed by atoms with Crippen LogP contribution in [0.3, 0.4) is 0 Å². The van der Waals surface area contributed by atoms with Crippen LogP contribution in [0.4, 0.5) is 0 Å². The average molecular weight is 335 g/mol. The van der Waals surface area contributed by atoms with Gasteiger partial charge in [0.15, 0.2) is 0 Å². The Hall–Kier alpha value is -1.93. The molecule has 22 heavy (non-hydrogen) atoms. The summed E-state index contributed by atoms with van der Waals surface area (Å²) < 4.78 is 3.28. The van der Waals surface area contributed by atoms with E-state index in [0.29, 0.717) is 28.2 Å². The van der Waals surface area contributed by atoms with Crippen LogP contribution in [0.25, 0.3) is 5.65 Å². The molecule has 0 amide bonds. The Bertz CT molecular complexity index is 903. The molecule has 0 spiro atoms. The average Bonchev–Trinajstić information content (AvgIpc) is 3.24. The molecule has 0 radical (unpaired) electrons. The zero-order chi connectivity index (χ0) is 15.1. The molecule has 0 bridgehead atoms. The first-order chi connectivity index (χ1) is 10.7. The molecule has 3 aromatic heterocycles. The molecule has 0 atom stereocenters. The van der Waals surface area contributed by atoms with Gasteiger partial charge in [-0.05, 0) is 35.4 Å². The van der Waals surface area contributed by atoms with Crippen molar-refractivity contribution < 1.29 is 0 Å². The number of hydrogen-bond acceptors (Lipinski definition) is 6. The van der Waals surface area contributed by atoms with Crippen molar-refractivity contribution in [3.8, 4) is 0 Å². The summed E-state index contributed by atoms with van der Waals surface area (Å²) >= 11 is 7.38. The van der Waals surface area contributed by atoms with Crippen molar-refractivity contribution in [3.63, 3.8) is 0 Å². The van der Waals surface area contributed by atoms with Crippen LogP contribution in [-0.4, -0.2) is 29.6 Å². The fourth-order valence-electron chi connectivity index (χ4n) is 2.17. The molecule has 1 aliphatic carbocycles. The van der Waals surface area contributed by atoms with Crippen LogP contribution in [0.2, 0.25) is 5.02 Å². The Labute approximate surface area is 134 Å². The molecule has 112 valence electrons. The van der Waals surface area contributed by atoms with Gasteiger partial charge in [-0.1, -0.05) is 23.4 Å². The highest BCUT2D eigenvalue weighted by atomic mass is 35.5. The van der Waals surface area contributed by atoms with E-state index < -0.39 is 0 Å². The van der Waals surface area contributed by atoms with Gasteiger partial charge < -0.3 is 0 Å². The highest BCUT2D eigenvalue weighted by molar-refractivity contribution is 7.98. The maximum absolute atomic E-state index is 12.1. The first-order valence-electron chi connectivity index (χ1n) is 6.79. The lowest BCUT2D eigenvalue weighted by Gasteiger charge is -2.04. The minimum atomic E-state index is -0.148. The molecule has 1 fully saturated rings. The molecular weight excluding hydrogens is 324 g/mol. The molecular formula is C13H11ClN6OS. The molecule has 7 nitrogen and oxygen atoms in total. The van der Waals surface area contributed by atoms with Crippen molar-refractivity contribution in [3.05, 3.63) is 45.5 Å². The van der Waals surface area contributed by atoms with Crippen molar-refractivity contribution in [1.29, 1.82) is 0 Å². The Morgan fingerprint density at radius 3 is 3.05 bits per heavy atom. The lowest BCUT2D eigenvalue weighted by atomic mass is 10.4. The molecule has 3 aromatic rings. The second kappa shape index (κ2) is 5.36. The SMILES string of the molecule is O=c1cc(CSc2nnnn2C2CC2)nc2ccc(Cl)cn12. The van der Waals surface area contributed by atoms with Gasteiger partial charge in [0, 0.05) is 18.0 Å². The van der Waals surface area contributed by atoms with Gasteiger partial charge in [0.2, 0.25) is 5.16 Å². The summed E-state index contributed by atoms with van der Waals surface area (Å²) in [5.74, 6) is 0.543. The van der Waals surface area contributed by atoms with E-state index in [4.69, 9.17) is 11.6 Å². The predicted molar refractivity (Wildman–Crippen MR) is 82.1 cm³/mol. The normalized spacial score (nSPS) is 14.6. The second-order valence-electron chi connectivity index (χ2n) is 5.09. The van der Waals surface area contributed by atoms with Crippen molar-refractivity contribution in [2.45, 2.75) is 29.8 Å². The Balaban J connectivity index is 1.60. The smallest absolute Gasteiger partial charge is 0.258 e. The zero-order valence-electron chi connectivity index (χ0n) is 11.4. The number of halogens is 1. The van der Waals surface area contributed by atoms with Gasteiger partial charge in [0.25, 0.3) is 5.56 Å². The summed E-state index contributed by atoms with van der Waals surface area (Å²) in [6.07, 6.45) is 3.81. The van der Waals surface area contributed by atoms with Crippen LogP contribution in [0.1, 0.15) is 24.6 Å². The molecule has 0 N–H and O–H groups in total. The number of rotatable bonds is 4. The van der Waals surface area contributed by atoms with Gasteiger partial charge in [-0.3, -0.25) is 9.20 Å². The van der Waals surface area contributed by atoms with E-state index in [2.05, 4.69) is 20.5 Å². The third kappa shape index (κ3) is 2.59. The predicted octanol–water partition coefficient (Wildman–Crippen LogP) is 1.96. The monoisotopic (exact) mass is 334 g/mol. The maximum atomic E-state index is 12.1. The Morgan fingerprint density at radius 2 is 2.23 bits per heavy atom. The summed E-state index contributed by atoms with van der Waals surface area (Å²) in [4.78, 5) is 16.6. The topological polar surface area (TPSA) is 78.0 Å². The first kappa shape index (κ1) is 13.7. The Morgan fingerprint density at radius 1 is 1.36 bits per heavy atom. The third-order valence-corrected chi connectivity index (χ3v) is 4.57. The number of tetrazole rings is 1. The molecule has 4 rings (SSSR count). The number of aromatic nitrogens is 6.